The van der Waals surface area contributed by atoms with E-state index >= 15 is 0 Å². The molecule has 2 aromatic heterocycles. The smallest absolute Gasteiger partial charge is 0.251 e. The van der Waals surface area contributed by atoms with Crippen LogP contribution in [0, 0.1) is 11.6 Å². The molecule has 0 unspecified atom stereocenters. The highest BCUT2D eigenvalue weighted by atomic mass is 19.2. The molecule has 146 valence electrons. The number of hydrogen-bond acceptors (Lipinski definition) is 5. The van der Waals surface area contributed by atoms with E-state index in [0.29, 0.717) is 17.2 Å². The number of carbonyl (C=O) groups is 1. The monoisotopic (exact) mass is 395 g/mol. The first-order valence-electron chi connectivity index (χ1n) is 8.64. The molecular weight excluding hydrogens is 380 g/mol. The van der Waals surface area contributed by atoms with Crippen LogP contribution >= 0.6 is 0 Å². The number of halogens is 2. The second kappa shape index (κ2) is 7.63. The molecule has 9 heteroatoms. The molecule has 0 radical (unpaired) electrons. The standard InChI is InChI=1S/C20H15F2N5O2/c1-29-14-5-2-12(3-6-14)17-8-9-18-24-25-19(27(18)26-17)11-23-20(28)13-4-7-15(21)16(22)10-13/h2-10H,11H2,1H3,(H,23,28). The van der Waals surface area contributed by atoms with Gasteiger partial charge in [-0.2, -0.15) is 9.61 Å². The second-order valence-electron chi connectivity index (χ2n) is 6.14. The summed E-state index contributed by atoms with van der Waals surface area (Å²) in [5, 5.41) is 15.2. The Labute approximate surface area is 164 Å². The summed E-state index contributed by atoms with van der Waals surface area (Å²) in [5.41, 5.74) is 2.08. The van der Waals surface area contributed by atoms with Crippen LogP contribution in [0.5, 0.6) is 5.75 Å². The SMILES string of the molecule is COc1ccc(-c2ccc3nnc(CNC(=O)c4ccc(F)c(F)c4)n3n2)cc1. The minimum atomic E-state index is -1.09. The first-order valence-corrected chi connectivity index (χ1v) is 8.64. The molecule has 7 nitrogen and oxygen atoms in total. The maximum atomic E-state index is 13.3. The van der Waals surface area contributed by atoms with Gasteiger partial charge in [-0.3, -0.25) is 4.79 Å². The summed E-state index contributed by atoms with van der Waals surface area (Å²) in [6.45, 7) is 0.0120. The summed E-state index contributed by atoms with van der Waals surface area (Å²) in [6.07, 6.45) is 0. The van der Waals surface area contributed by atoms with Crippen LogP contribution in [-0.4, -0.2) is 32.8 Å². The van der Waals surface area contributed by atoms with E-state index in [9.17, 15) is 13.6 Å². The van der Waals surface area contributed by atoms with Crippen LogP contribution in [0.3, 0.4) is 0 Å². The molecule has 4 rings (SSSR count). The quantitative estimate of drug-likeness (QED) is 0.562. The zero-order valence-corrected chi connectivity index (χ0v) is 15.3. The fourth-order valence-electron chi connectivity index (χ4n) is 2.76. The van der Waals surface area contributed by atoms with Crippen molar-refractivity contribution >= 4 is 11.6 Å². The summed E-state index contributed by atoms with van der Waals surface area (Å²) in [7, 11) is 1.59. The third-order valence-corrected chi connectivity index (χ3v) is 4.30. The van der Waals surface area contributed by atoms with E-state index in [1.165, 1.54) is 10.6 Å². The van der Waals surface area contributed by atoms with Crippen LogP contribution in [0.15, 0.2) is 54.6 Å². The molecule has 0 fully saturated rings. The molecule has 0 spiro atoms. The Balaban J connectivity index is 1.55. The minimum Gasteiger partial charge on any atom is -0.497 e. The van der Waals surface area contributed by atoms with Crippen LogP contribution in [0.4, 0.5) is 8.78 Å². The fraction of sp³-hybridized carbons (Fsp3) is 0.100. The van der Waals surface area contributed by atoms with Crippen molar-refractivity contribution in [1.29, 1.82) is 0 Å². The Morgan fingerprint density at radius 1 is 1.03 bits per heavy atom. The molecule has 29 heavy (non-hydrogen) atoms. The lowest BCUT2D eigenvalue weighted by molar-refractivity contribution is 0.0949. The van der Waals surface area contributed by atoms with E-state index in [2.05, 4.69) is 20.6 Å². The van der Waals surface area contributed by atoms with Crippen LogP contribution in [0.2, 0.25) is 0 Å². The zero-order chi connectivity index (χ0) is 20.4. The number of carbonyl (C=O) groups excluding carboxylic acids is 1. The van der Waals surface area contributed by atoms with Crippen molar-refractivity contribution in [1.82, 2.24) is 25.1 Å². The lowest BCUT2D eigenvalue weighted by Crippen LogP contribution is -2.24. The largest absolute Gasteiger partial charge is 0.497 e. The maximum absolute atomic E-state index is 13.3. The number of hydrogen-bond donors (Lipinski definition) is 1. The van der Waals surface area contributed by atoms with Crippen molar-refractivity contribution < 1.29 is 18.3 Å². The topological polar surface area (TPSA) is 81.4 Å². The number of ether oxygens (including phenoxy) is 1. The van der Waals surface area contributed by atoms with Gasteiger partial charge in [-0.1, -0.05) is 0 Å². The van der Waals surface area contributed by atoms with E-state index < -0.39 is 17.5 Å². The third-order valence-electron chi connectivity index (χ3n) is 4.30. The number of amides is 1. The van der Waals surface area contributed by atoms with E-state index in [4.69, 9.17) is 4.74 Å². The summed E-state index contributed by atoms with van der Waals surface area (Å²) < 4.78 is 33.0. The van der Waals surface area contributed by atoms with Gasteiger partial charge in [0.1, 0.15) is 5.75 Å². The molecule has 0 aliphatic rings. The number of nitrogens with zero attached hydrogens (tertiary/aromatic N) is 4. The number of fused-ring (bicyclic) bond motifs is 1. The molecule has 2 aromatic carbocycles. The molecule has 0 bridgehead atoms. The predicted molar refractivity (Wildman–Crippen MR) is 100 cm³/mol. The van der Waals surface area contributed by atoms with Crippen molar-refractivity contribution in [2.75, 3.05) is 7.11 Å². The van der Waals surface area contributed by atoms with Crippen LogP contribution in [-0.2, 0) is 6.54 Å². The normalized spacial score (nSPS) is 10.9. The third kappa shape index (κ3) is 3.75. The molecule has 0 aliphatic heterocycles. The first kappa shape index (κ1) is 18.5. The lowest BCUT2D eigenvalue weighted by Gasteiger charge is -2.06. The van der Waals surface area contributed by atoms with Crippen molar-refractivity contribution in [2.45, 2.75) is 6.54 Å². The number of benzene rings is 2. The van der Waals surface area contributed by atoms with Crippen LogP contribution in [0.1, 0.15) is 16.2 Å². The van der Waals surface area contributed by atoms with Gasteiger partial charge < -0.3 is 10.1 Å². The Kier molecular flexibility index (Phi) is 4.86. The van der Waals surface area contributed by atoms with Crippen molar-refractivity contribution in [3.8, 4) is 17.0 Å². The van der Waals surface area contributed by atoms with Gasteiger partial charge in [-0.05, 0) is 54.6 Å². The predicted octanol–water partition coefficient (Wildman–Crippen LogP) is 3.01. The number of nitrogens with one attached hydrogen (secondary N) is 1. The Bertz CT molecular complexity index is 1190. The molecular formula is C20H15F2N5O2. The number of aromatic nitrogens is 4. The van der Waals surface area contributed by atoms with Gasteiger partial charge >= 0.3 is 0 Å². The second-order valence-corrected chi connectivity index (χ2v) is 6.14. The zero-order valence-electron chi connectivity index (χ0n) is 15.3. The summed E-state index contributed by atoms with van der Waals surface area (Å²) in [6, 6.07) is 13.9. The van der Waals surface area contributed by atoms with Gasteiger partial charge in [-0.25, -0.2) is 8.78 Å². The van der Waals surface area contributed by atoms with Gasteiger partial charge in [-0.15, -0.1) is 10.2 Å². The molecule has 4 aromatic rings. The Morgan fingerprint density at radius 3 is 2.55 bits per heavy atom. The molecule has 0 atom stereocenters. The van der Waals surface area contributed by atoms with E-state index in [1.807, 2.05) is 30.3 Å². The van der Waals surface area contributed by atoms with Crippen molar-refractivity contribution in [2.24, 2.45) is 0 Å². The minimum absolute atomic E-state index is 0.00426. The summed E-state index contributed by atoms with van der Waals surface area (Å²) >= 11 is 0. The number of methoxy groups -OCH3 is 1. The first-order chi connectivity index (χ1) is 14.0. The Morgan fingerprint density at radius 2 is 1.83 bits per heavy atom. The molecule has 0 saturated heterocycles. The summed E-state index contributed by atoms with van der Waals surface area (Å²) in [5.74, 6) is -1.53. The average molecular weight is 395 g/mol. The average Bonchev–Trinajstić information content (AvgIpc) is 3.16. The van der Waals surface area contributed by atoms with E-state index in [-0.39, 0.29) is 12.1 Å². The molecule has 0 saturated carbocycles. The van der Waals surface area contributed by atoms with Gasteiger partial charge in [0.15, 0.2) is 23.1 Å². The molecule has 2 heterocycles. The van der Waals surface area contributed by atoms with Gasteiger partial charge in [0, 0.05) is 11.1 Å². The van der Waals surface area contributed by atoms with E-state index in [1.54, 1.807) is 13.2 Å². The van der Waals surface area contributed by atoms with Crippen molar-refractivity contribution in [3.05, 3.63) is 77.6 Å². The van der Waals surface area contributed by atoms with Crippen LogP contribution in [0.25, 0.3) is 16.9 Å². The van der Waals surface area contributed by atoms with Gasteiger partial charge in [0.2, 0.25) is 0 Å². The summed E-state index contributed by atoms with van der Waals surface area (Å²) in [4.78, 5) is 12.2. The Hall–Kier alpha value is -3.88. The fourth-order valence-corrected chi connectivity index (χ4v) is 2.76. The van der Waals surface area contributed by atoms with Crippen molar-refractivity contribution in [3.63, 3.8) is 0 Å². The lowest BCUT2D eigenvalue weighted by atomic mass is 10.1. The van der Waals surface area contributed by atoms with Gasteiger partial charge in [0.25, 0.3) is 5.91 Å². The van der Waals surface area contributed by atoms with Gasteiger partial charge in [0.05, 0.1) is 19.3 Å². The highest BCUT2D eigenvalue weighted by molar-refractivity contribution is 5.94. The molecule has 0 aliphatic carbocycles. The highest BCUT2D eigenvalue weighted by Gasteiger charge is 2.13. The number of rotatable bonds is 5. The highest BCUT2D eigenvalue weighted by Crippen LogP contribution is 2.21. The van der Waals surface area contributed by atoms with Crippen LogP contribution < -0.4 is 10.1 Å². The molecule has 1 amide bonds. The molecule has 1 N–H and O–H groups in total. The van der Waals surface area contributed by atoms with E-state index in [0.717, 1.165) is 23.4 Å². The maximum Gasteiger partial charge on any atom is 0.251 e.